The average Bonchev–Trinajstić information content (AvgIpc) is 3.34. The van der Waals surface area contributed by atoms with E-state index in [1.165, 1.54) is 30.9 Å². The third-order valence-electron chi connectivity index (χ3n) is 6.83. The summed E-state index contributed by atoms with van der Waals surface area (Å²) in [6, 6.07) is 5.37. The quantitative estimate of drug-likeness (QED) is 0.294. The molecule has 17 heteroatoms. The van der Waals surface area contributed by atoms with Crippen LogP contribution >= 0.6 is 0 Å². The Balaban J connectivity index is 1.59. The maximum Gasteiger partial charge on any atom is 0.410 e. The third kappa shape index (κ3) is 5.14. The number of benzene rings is 2. The Bertz CT molecular complexity index is 1850. The van der Waals surface area contributed by atoms with Gasteiger partial charge in [0.15, 0.2) is 21.5 Å². The van der Waals surface area contributed by atoms with Gasteiger partial charge in [-0.2, -0.15) is 25.7 Å². The molecule has 1 unspecified atom stereocenters. The molecule has 10 nitrogen and oxygen atoms in total. The highest BCUT2D eigenvalue weighted by Gasteiger charge is 2.48. The number of hydrogen-bond acceptors (Lipinski definition) is 9. The second kappa shape index (κ2) is 10.4. The second-order valence-electron chi connectivity index (χ2n) is 9.77. The smallest absolute Gasteiger partial charge is 0.339 e. The van der Waals surface area contributed by atoms with Gasteiger partial charge in [-0.25, -0.2) is 27.2 Å². The normalized spacial score (nSPS) is 16.9. The highest BCUT2D eigenvalue weighted by Crippen LogP contribution is 2.37. The minimum absolute atomic E-state index is 0.0977. The lowest BCUT2D eigenvalue weighted by Crippen LogP contribution is -2.60. The van der Waals surface area contributed by atoms with Gasteiger partial charge in [0.1, 0.15) is 11.9 Å². The van der Waals surface area contributed by atoms with Crippen molar-refractivity contribution in [2.75, 3.05) is 29.4 Å². The van der Waals surface area contributed by atoms with Crippen molar-refractivity contribution >= 4 is 42.5 Å². The topological polar surface area (TPSA) is 118 Å². The number of rotatable bonds is 6. The lowest BCUT2D eigenvalue weighted by Gasteiger charge is -2.42. The molecule has 224 valence electrons. The van der Waals surface area contributed by atoms with Gasteiger partial charge in [-0.05, 0) is 50.2 Å². The second-order valence-corrected chi connectivity index (χ2v) is 14.0. The monoisotopic (exact) mass is 630 g/mol. The van der Waals surface area contributed by atoms with Crippen LogP contribution in [0.5, 0.6) is 0 Å². The molecule has 0 bridgehead atoms. The van der Waals surface area contributed by atoms with E-state index in [0.29, 0.717) is 4.09 Å². The summed E-state index contributed by atoms with van der Waals surface area (Å²) in [7, 11) is -8.34. The van der Waals surface area contributed by atoms with E-state index in [1.807, 2.05) is 0 Å². The van der Waals surface area contributed by atoms with E-state index in [1.54, 1.807) is 0 Å². The SMILES string of the molecule is CC(C)S(=O)(=O)c1ccc(S(=O)(=O)n2nc(N3CCN(c4ncc(F)cn4)CC3C(F)(F)F)c3c(F)cccc32)cc1. The molecule has 0 N–H and O–H groups in total. The van der Waals surface area contributed by atoms with Crippen LogP contribution in [-0.4, -0.2) is 73.1 Å². The molecule has 1 aliphatic rings. The number of nitrogens with zero attached hydrogens (tertiary/aromatic N) is 6. The van der Waals surface area contributed by atoms with Crippen LogP contribution in [-0.2, 0) is 19.9 Å². The Morgan fingerprint density at radius 1 is 0.905 bits per heavy atom. The van der Waals surface area contributed by atoms with E-state index in [-0.39, 0.29) is 29.5 Å². The third-order valence-corrected chi connectivity index (χ3v) is 10.6. The van der Waals surface area contributed by atoms with Gasteiger partial charge in [-0.15, -0.1) is 5.10 Å². The molecule has 5 rings (SSSR count). The standard InChI is InChI=1S/C25H23F5N6O4S2/c1-15(2)41(37,38)17-6-8-18(9-7-17)42(39,40)36-20-5-3-4-19(27)22(20)23(33-36)35-11-10-34(14-21(35)25(28,29)30)24-31-12-16(26)13-32-24/h3-9,12-13,15,21H,10-11,14H2,1-2H3. The number of fused-ring (bicyclic) bond motifs is 1. The van der Waals surface area contributed by atoms with Crippen LogP contribution < -0.4 is 9.80 Å². The molecule has 0 radical (unpaired) electrons. The van der Waals surface area contributed by atoms with Crippen molar-refractivity contribution < 1.29 is 38.8 Å². The van der Waals surface area contributed by atoms with Crippen molar-refractivity contribution in [2.45, 2.75) is 41.1 Å². The van der Waals surface area contributed by atoms with Crippen LogP contribution in [0, 0.1) is 11.6 Å². The van der Waals surface area contributed by atoms with Crippen LogP contribution in [0.1, 0.15) is 13.8 Å². The molecule has 2 aromatic heterocycles. The predicted octanol–water partition coefficient (Wildman–Crippen LogP) is 3.78. The van der Waals surface area contributed by atoms with Crippen molar-refractivity contribution in [2.24, 2.45) is 0 Å². The average molecular weight is 631 g/mol. The molecule has 1 atom stereocenters. The molecule has 1 saturated heterocycles. The molecule has 0 saturated carbocycles. The Kier molecular flexibility index (Phi) is 7.37. The predicted molar refractivity (Wildman–Crippen MR) is 142 cm³/mol. The number of sulfone groups is 1. The summed E-state index contributed by atoms with van der Waals surface area (Å²) in [6.45, 7) is 1.72. The molecule has 1 aliphatic heterocycles. The summed E-state index contributed by atoms with van der Waals surface area (Å²) >= 11 is 0. The molecule has 0 spiro atoms. The highest BCUT2D eigenvalue weighted by molar-refractivity contribution is 7.92. The first-order valence-corrected chi connectivity index (χ1v) is 15.4. The van der Waals surface area contributed by atoms with Gasteiger partial charge in [-0.3, -0.25) is 0 Å². The van der Waals surface area contributed by atoms with Gasteiger partial charge >= 0.3 is 6.18 Å². The molecule has 4 aromatic rings. The maximum atomic E-state index is 15.2. The van der Waals surface area contributed by atoms with Crippen molar-refractivity contribution in [1.82, 2.24) is 19.2 Å². The fourth-order valence-corrected chi connectivity index (χ4v) is 6.94. The van der Waals surface area contributed by atoms with E-state index in [4.69, 9.17) is 0 Å². The minimum Gasteiger partial charge on any atom is -0.339 e. The van der Waals surface area contributed by atoms with E-state index in [2.05, 4.69) is 15.1 Å². The van der Waals surface area contributed by atoms with Crippen LogP contribution in [0.25, 0.3) is 10.9 Å². The number of alkyl halides is 3. The van der Waals surface area contributed by atoms with Crippen molar-refractivity contribution in [1.29, 1.82) is 0 Å². The highest BCUT2D eigenvalue weighted by atomic mass is 32.2. The Labute approximate surface area is 237 Å². The van der Waals surface area contributed by atoms with Gasteiger partial charge in [0, 0.05) is 13.1 Å². The number of anilines is 2. The number of hydrogen-bond donors (Lipinski definition) is 0. The zero-order chi connectivity index (χ0) is 30.6. The van der Waals surface area contributed by atoms with E-state index < -0.39 is 71.6 Å². The summed E-state index contributed by atoms with van der Waals surface area (Å²) in [4.78, 5) is 8.91. The first kappa shape index (κ1) is 29.6. The fourth-order valence-electron chi connectivity index (χ4n) is 4.61. The van der Waals surface area contributed by atoms with Crippen LogP contribution in [0.15, 0.2) is 64.6 Å². The Hall–Kier alpha value is -3.86. The van der Waals surface area contributed by atoms with Gasteiger partial charge in [-0.1, -0.05) is 6.07 Å². The summed E-state index contributed by atoms with van der Waals surface area (Å²) in [5.41, 5.74) is -0.311. The summed E-state index contributed by atoms with van der Waals surface area (Å²) in [5, 5.41) is 2.78. The Morgan fingerprint density at radius 3 is 2.12 bits per heavy atom. The molecule has 42 heavy (non-hydrogen) atoms. The van der Waals surface area contributed by atoms with E-state index >= 15 is 4.39 Å². The van der Waals surface area contributed by atoms with Crippen LogP contribution in [0.3, 0.4) is 0 Å². The Morgan fingerprint density at radius 2 is 1.52 bits per heavy atom. The summed E-state index contributed by atoms with van der Waals surface area (Å²) in [6.07, 6.45) is -3.24. The summed E-state index contributed by atoms with van der Waals surface area (Å²) in [5.74, 6) is -2.45. The summed E-state index contributed by atoms with van der Waals surface area (Å²) < 4.78 is 124. The molecule has 3 heterocycles. The molecular weight excluding hydrogens is 607 g/mol. The number of halogens is 5. The molecule has 0 aliphatic carbocycles. The maximum absolute atomic E-state index is 15.2. The van der Waals surface area contributed by atoms with Crippen LogP contribution in [0.2, 0.25) is 0 Å². The van der Waals surface area contributed by atoms with Crippen molar-refractivity contribution in [3.05, 3.63) is 66.5 Å². The van der Waals surface area contributed by atoms with Crippen molar-refractivity contribution in [3.8, 4) is 0 Å². The minimum atomic E-state index is -4.88. The van der Waals surface area contributed by atoms with Crippen molar-refractivity contribution in [3.63, 3.8) is 0 Å². The largest absolute Gasteiger partial charge is 0.410 e. The van der Waals surface area contributed by atoms with Gasteiger partial charge in [0.25, 0.3) is 10.0 Å². The lowest BCUT2D eigenvalue weighted by molar-refractivity contribution is -0.148. The number of piperazine rings is 1. The van der Waals surface area contributed by atoms with Crippen LogP contribution in [0.4, 0.5) is 33.7 Å². The van der Waals surface area contributed by atoms with Gasteiger partial charge in [0.2, 0.25) is 5.95 Å². The van der Waals surface area contributed by atoms with E-state index in [0.717, 1.165) is 47.6 Å². The molecule has 1 fully saturated rings. The number of aromatic nitrogens is 4. The fraction of sp³-hybridized carbons (Fsp3) is 0.320. The molecule has 2 aromatic carbocycles. The lowest BCUT2D eigenvalue weighted by atomic mass is 10.1. The van der Waals surface area contributed by atoms with E-state index in [9.17, 15) is 34.4 Å². The first-order chi connectivity index (χ1) is 19.6. The molecule has 0 amide bonds. The van der Waals surface area contributed by atoms with Gasteiger partial charge < -0.3 is 9.80 Å². The van der Waals surface area contributed by atoms with Gasteiger partial charge in [0.05, 0.1) is 44.9 Å². The first-order valence-electron chi connectivity index (χ1n) is 12.4. The zero-order valence-electron chi connectivity index (χ0n) is 22.0. The molecular formula is C25H23F5N6O4S2. The zero-order valence-corrected chi connectivity index (χ0v) is 23.6.